The fourth-order valence-electron chi connectivity index (χ4n) is 0.450. The molecule has 0 spiro atoms. The molecular formula is C6H12N3O+. The molecule has 0 heterocycles. The van der Waals surface area contributed by atoms with Gasteiger partial charge in [0.2, 0.25) is 0 Å². The zero-order valence-corrected chi connectivity index (χ0v) is 6.22. The highest BCUT2D eigenvalue weighted by molar-refractivity contribution is 5.76. The van der Waals surface area contributed by atoms with E-state index in [1.807, 2.05) is 5.43 Å². The van der Waals surface area contributed by atoms with Crippen LogP contribution < -0.4 is 11.3 Å². The number of carbonyl (C=O) groups is 1. The van der Waals surface area contributed by atoms with E-state index in [0.717, 1.165) is 0 Å². The second-order valence-electron chi connectivity index (χ2n) is 2.54. The van der Waals surface area contributed by atoms with Gasteiger partial charge in [0.25, 0.3) is 5.91 Å². The lowest BCUT2D eigenvalue weighted by Gasteiger charge is -2.18. The molecule has 4 heteroatoms. The van der Waals surface area contributed by atoms with Crippen molar-refractivity contribution in [2.24, 2.45) is 5.84 Å². The van der Waals surface area contributed by atoms with Gasteiger partial charge in [-0.2, -0.15) is 0 Å². The van der Waals surface area contributed by atoms with Crippen LogP contribution in [0.1, 0.15) is 0 Å². The Labute approximate surface area is 60.6 Å². The summed E-state index contributed by atoms with van der Waals surface area (Å²) in [7, 11) is 3.49. The highest BCUT2D eigenvalue weighted by Gasteiger charge is 2.16. The fraction of sp³-hybridized carbons (Fsp3) is 0.500. The number of rotatable bonds is 2. The average molecular weight is 142 g/mol. The van der Waals surface area contributed by atoms with Crippen molar-refractivity contribution in [2.45, 2.75) is 0 Å². The van der Waals surface area contributed by atoms with Crippen LogP contribution in [0.25, 0.3) is 0 Å². The van der Waals surface area contributed by atoms with E-state index >= 15 is 0 Å². The van der Waals surface area contributed by atoms with Gasteiger partial charge in [-0.05, 0) is 0 Å². The molecule has 3 N–H and O–H groups in total. The van der Waals surface area contributed by atoms with Crippen LogP contribution in [-0.4, -0.2) is 31.0 Å². The van der Waals surface area contributed by atoms with Crippen molar-refractivity contribution in [1.82, 2.24) is 5.43 Å². The Hall–Kier alpha value is -1.05. The van der Waals surface area contributed by atoms with Gasteiger partial charge in [-0.3, -0.25) is 10.2 Å². The summed E-state index contributed by atoms with van der Waals surface area (Å²) in [6.45, 7) is 0.201. The highest BCUT2D eigenvalue weighted by Crippen LogP contribution is 1.90. The Morgan fingerprint density at radius 2 is 2.30 bits per heavy atom. The Morgan fingerprint density at radius 1 is 1.80 bits per heavy atom. The van der Waals surface area contributed by atoms with E-state index in [-0.39, 0.29) is 16.9 Å². The first-order valence-electron chi connectivity index (χ1n) is 2.82. The van der Waals surface area contributed by atoms with Gasteiger partial charge in [0.15, 0.2) is 6.54 Å². The topological polar surface area (TPSA) is 55.1 Å². The number of nitrogens with two attached hydrogens (primary N) is 1. The molecule has 0 saturated carbocycles. The van der Waals surface area contributed by atoms with E-state index in [2.05, 4.69) is 6.04 Å². The molecule has 0 fully saturated rings. The van der Waals surface area contributed by atoms with Gasteiger partial charge in [-0.1, -0.05) is 6.42 Å². The first-order chi connectivity index (χ1) is 4.52. The molecule has 0 rings (SSSR count). The van der Waals surface area contributed by atoms with Crippen molar-refractivity contribution in [3.63, 3.8) is 0 Å². The van der Waals surface area contributed by atoms with Crippen molar-refractivity contribution in [3.8, 4) is 12.5 Å². The molecule has 0 aromatic heterocycles. The minimum Gasteiger partial charge on any atom is -0.289 e. The quantitative estimate of drug-likeness (QED) is 0.164. The molecule has 0 unspecified atom stereocenters. The first-order valence-corrected chi connectivity index (χ1v) is 2.82. The van der Waals surface area contributed by atoms with Crippen molar-refractivity contribution in [1.29, 1.82) is 0 Å². The molecule has 0 aromatic carbocycles. The van der Waals surface area contributed by atoms with E-state index in [4.69, 9.17) is 12.3 Å². The van der Waals surface area contributed by atoms with Crippen LogP contribution in [0.4, 0.5) is 0 Å². The summed E-state index contributed by atoms with van der Waals surface area (Å²) in [6.07, 6.45) is 5.11. The molecule has 0 saturated heterocycles. The summed E-state index contributed by atoms with van der Waals surface area (Å²) in [6, 6.07) is 2.43. The van der Waals surface area contributed by atoms with Gasteiger partial charge in [-0.15, -0.1) is 0 Å². The second-order valence-corrected chi connectivity index (χ2v) is 2.54. The molecule has 0 atom stereocenters. The summed E-state index contributed by atoms with van der Waals surface area (Å²) in [5, 5.41) is 0. The molecular weight excluding hydrogens is 130 g/mol. The summed E-state index contributed by atoms with van der Waals surface area (Å²) < 4.78 is 0.197. The molecule has 0 aliphatic rings. The summed E-state index contributed by atoms with van der Waals surface area (Å²) in [5.41, 5.74) is 2.01. The zero-order valence-electron chi connectivity index (χ0n) is 6.22. The Kier molecular flexibility index (Phi) is 2.87. The fourth-order valence-corrected chi connectivity index (χ4v) is 0.450. The highest BCUT2D eigenvalue weighted by atomic mass is 16.2. The van der Waals surface area contributed by atoms with Crippen LogP contribution in [0, 0.1) is 12.5 Å². The minimum absolute atomic E-state index is 0.197. The van der Waals surface area contributed by atoms with Gasteiger partial charge < -0.3 is 0 Å². The average Bonchev–Trinajstić information content (AvgIpc) is 1.87. The minimum atomic E-state index is -0.261. The van der Waals surface area contributed by atoms with Crippen LogP contribution in [0.15, 0.2) is 0 Å². The molecule has 0 aliphatic carbocycles. The number of amides is 1. The summed E-state index contributed by atoms with van der Waals surface area (Å²) in [4.78, 5) is 10.6. The third kappa shape index (κ3) is 3.07. The van der Waals surface area contributed by atoms with E-state index in [9.17, 15) is 4.79 Å². The largest absolute Gasteiger partial charge is 0.290 e. The Balaban J connectivity index is 3.92. The predicted octanol–water partition coefficient (Wildman–Crippen LogP) is -1.36. The molecule has 0 bridgehead atoms. The number of hydrogen-bond donors (Lipinski definition) is 2. The lowest BCUT2D eigenvalue weighted by molar-refractivity contribution is -0.813. The maximum Gasteiger partial charge on any atom is 0.290 e. The number of nitrogens with one attached hydrogen (secondary N) is 1. The third-order valence-electron chi connectivity index (χ3n) is 1.05. The lowest BCUT2D eigenvalue weighted by atomic mass is 10.5. The standard InChI is InChI=1S/C6H11N3O/c1-4-9(2,3)5-6(10)8-7/h1H,5,7H2,2-3H3/p+1. The van der Waals surface area contributed by atoms with Crippen molar-refractivity contribution in [3.05, 3.63) is 0 Å². The monoisotopic (exact) mass is 142 g/mol. The molecule has 10 heavy (non-hydrogen) atoms. The molecule has 4 nitrogen and oxygen atoms in total. The van der Waals surface area contributed by atoms with Gasteiger partial charge in [0, 0.05) is 0 Å². The van der Waals surface area contributed by atoms with E-state index in [1.165, 1.54) is 0 Å². The van der Waals surface area contributed by atoms with E-state index in [0.29, 0.717) is 0 Å². The number of hydrazine groups is 1. The normalized spacial score (nSPS) is 10.2. The van der Waals surface area contributed by atoms with Crippen LogP contribution in [0.2, 0.25) is 0 Å². The first kappa shape index (κ1) is 8.95. The Morgan fingerprint density at radius 3 is 2.60 bits per heavy atom. The molecule has 56 valence electrons. The van der Waals surface area contributed by atoms with Gasteiger partial charge in [0.1, 0.15) is 6.04 Å². The number of likely N-dealkylation sites (N-methyl/N-ethyl adjacent to an activating group) is 1. The molecule has 0 aliphatic heterocycles. The predicted molar refractivity (Wildman–Crippen MR) is 38.1 cm³/mol. The van der Waals surface area contributed by atoms with Gasteiger partial charge in [-0.25, -0.2) is 10.3 Å². The number of hydrogen-bond acceptors (Lipinski definition) is 2. The molecule has 0 radical (unpaired) electrons. The van der Waals surface area contributed by atoms with Crippen molar-refractivity contribution >= 4 is 5.91 Å². The van der Waals surface area contributed by atoms with Crippen LogP contribution >= 0.6 is 0 Å². The number of carbonyl (C=O) groups excluding carboxylic acids is 1. The third-order valence-corrected chi connectivity index (χ3v) is 1.05. The van der Waals surface area contributed by atoms with Crippen LogP contribution in [0.5, 0.6) is 0 Å². The van der Waals surface area contributed by atoms with Crippen LogP contribution in [-0.2, 0) is 4.79 Å². The van der Waals surface area contributed by atoms with Crippen molar-refractivity contribution < 1.29 is 9.28 Å². The van der Waals surface area contributed by atoms with Crippen molar-refractivity contribution in [2.75, 3.05) is 20.6 Å². The maximum atomic E-state index is 10.6. The molecule has 0 aromatic rings. The summed E-state index contributed by atoms with van der Waals surface area (Å²) >= 11 is 0. The van der Waals surface area contributed by atoms with Gasteiger partial charge in [0.05, 0.1) is 14.1 Å². The second kappa shape index (κ2) is 3.20. The summed E-state index contributed by atoms with van der Waals surface area (Å²) in [5.74, 6) is 4.59. The van der Waals surface area contributed by atoms with Gasteiger partial charge >= 0.3 is 0 Å². The number of nitrogens with zero attached hydrogens (tertiary/aromatic N) is 1. The maximum absolute atomic E-state index is 10.6. The zero-order chi connectivity index (χ0) is 8.20. The lowest BCUT2D eigenvalue weighted by Crippen LogP contribution is -2.45. The molecule has 1 amide bonds. The van der Waals surface area contributed by atoms with E-state index in [1.54, 1.807) is 14.1 Å². The number of terminal acetylenes is 1. The Bertz CT molecular complexity index is 168. The smallest absolute Gasteiger partial charge is 0.289 e. The van der Waals surface area contributed by atoms with Crippen LogP contribution in [0.3, 0.4) is 0 Å². The SMILES string of the molecule is C#C[N+](C)(C)CC(=O)NN. The van der Waals surface area contributed by atoms with E-state index < -0.39 is 0 Å². The number of quaternary nitrogens is 1.